The van der Waals surface area contributed by atoms with Gasteiger partial charge in [0.25, 0.3) is 0 Å². The van der Waals surface area contributed by atoms with Gasteiger partial charge in [-0.1, -0.05) is 41.9 Å². The molecular weight excluding hydrogens is 396 g/mol. The summed E-state index contributed by atoms with van der Waals surface area (Å²) in [6.45, 7) is 3.50. The molecule has 0 bridgehead atoms. The lowest BCUT2D eigenvalue weighted by Gasteiger charge is -2.16. The first-order valence-corrected chi connectivity index (χ1v) is 9.71. The van der Waals surface area contributed by atoms with Crippen LogP contribution in [0, 0.1) is 11.6 Å². The van der Waals surface area contributed by atoms with Crippen LogP contribution in [0.25, 0.3) is 0 Å². The monoisotopic (exact) mass is 417 g/mol. The first kappa shape index (κ1) is 21.1. The normalized spacial score (nSPS) is 10.8. The molecule has 0 aromatic heterocycles. The van der Waals surface area contributed by atoms with Crippen LogP contribution in [0.15, 0.2) is 60.7 Å². The molecule has 3 aromatic carbocycles. The van der Waals surface area contributed by atoms with Crippen LogP contribution in [0.3, 0.4) is 0 Å². The van der Waals surface area contributed by atoms with Crippen molar-refractivity contribution in [3.05, 3.63) is 94.0 Å². The highest BCUT2D eigenvalue weighted by molar-refractivity contribution is 6.32. The van der Waals surface area contributed by atoms with Gasteiger partial charge < -0.3 is 14.8 Å². The zero-order chi connectivity index (χ0) is 20.6. The summed E-state index contributed by atoms with van der Waals surface area (Å²) in [6, 6.07) is 16.4. The zero-order valence-electron chi connectivity index (χ0n) is 16.1. The molecule has 0 heterocycles. The fourth-order valence-corrected chi connectivity index (χ4v) is 3.13. The van der Waals surface area contributed by atoms with E-state index in [-0.39, 0.29) is 18.2 Å². The second kappa shape index (κ2) is 10.2. The van der Waals surface area contributed by atoms with Gasteiger partial charge in [0.05, 0.1) is 11.6 Å². The molecule has 29 heavy (non-hydrogen) atoms. The standard InChI is InChI=1S/C23H22ClF2NO2/c1-2-28-22-12-17(14-27-13-16-7-9-19(25)10-8-16)11-20(24)23(22)29-15-18-5-3-4-6-21(18)26/h3-12,27H,2,13-15H2,1H3. The van der Waals surface area contributed by atoms with Crippen molar-refractivity contribution in [2.75, 3.05) is 6.61 Å². The number of halogens is 3. The van der Waals surface area contributed by atoms with Gasteiger partial charge in [0, 0.05) is 18.7 Å². The maximum Gasteiger partial charge on any atom is 0.180 e. The lowest BCUT2D eigenvalue weighted by Crippen LogP contribution is -2.13. The number of rotatable bonds is 9. The van der Waals surface area contributed by atoms with Crippen molar-refractivity contribution in [3.8, 4) is 11.5 Å². The molecule has 0 aliphatic heterocycles. The third-order valence-electron chi connectivity index (χ3n) is 4.27. The van der Waals surface area contributed by atoms with Crippen molar-refractivity contribution in [3.63, 3.8) is 0 Å². The van der Waals surface area contributed by atoms with E-state index in [1.807, 2.05) is 13.0 Å². The predicted molar refractivity (Wildman–Crippen MR) is 110 cm³/mol. The van der Waals surface area contributed by atoms with Crippen LogP contribution in [0.1, 0.15) is 23.6 Å². The minimum atomic E-state index is -0.330. The van der Waals surface area contributed by atoms with Crippen molar-refractivity contribution in [1.29, 1.82) is 0 Å². The highest BCUT2D eigenvalue weighted by Crippen LogP contribution is 2.37. The molecule has 0 saturated carbocycles. The molecule has 0 saturated heterocycles. The number of benzene rings is 3. The molecule has 0 aliphatic carbocycles. The van der Waals surface area contributed by atoms with Gasteiger partial charge in [-0.2, -0.15) is 0 Å². The molecule has 3 aromatic rings. The average Bonchev–Trinajstić information content (AvgIpc) is 2.70. The molecule has 1 N–H and O–H groups in total. The summed E-state index contributed by atoms with van der Waals surface area (Å²) in [5.74, 6) is 0.310. The summed E-state index contributed by atoms with van der Waals surface area (Å²) in [4.78, 5) is 0. The molecule has 3 nitrogen and oxygen atoms in total. The number of hydrogen-bond donors (Lipinski definition) is 1. The molecule has 0 atom stereocenters. The van der Waals surface area contributed by atoms with Gasteiger partial charge in [-0.3, -0.25) is 0 Å². The molecule has 3 rings (SSSR count). The van der Waals surface area contributed by atoms with Crippen LogP contribution in [0.5, 0.6) is 11.5 Å². The molecule has 0 spiro atoms. The fraction of sp³-hybridized carbons (Fsp3) is 0.217. The first-order valence-electron chi connectivity index (χ1n) is 9.33. The Morgan fingerprint density at radius 3 is 2.34 bits per heavy atom. The van der Waals surface area contributed by atoms with Gasteiger partial charge >= 0.3 is 0 Å². The summed E-state index contributed by atoms with van der Waals surface area (Å²) in [5, 5.41) is 3.69. The SMILES string of the molecule is CCOc1cc(CNCc2ccc(F)cc2)cc(Cl)c1OCc1ccccc1F. The minimum absolute atomic E-state index is 0.0502. The van der Waals surface area contributed by atoms with E-state index in [0.717, 1.165) is 11.1 Å². The van der Waals surface area contributed by atoms with Crippen molar-refractivity contribution < 1.29 is 18.3 Å². The Bertz CT molecular complexity index is 948. The minimum Gasteiger partial charge on any atom is -0.490 e. The van der Waals surface area contributed by atoms with Crippen LogP contribution in [-0.2, 0) is 19.7 Å². The summed E-state index contributed by atoms with van der Waals surface area (Å²) in [5.41, 5.74) is 2.34. The second-order valence-corrected chi connectivity index (χ2v) is 6.86. The summed E-state index contributed by atoms with van der Waals surface area (Å²) < 4.78 is 38.3. The largest absolute Gasteiger partial charge is 0.490 e. The van der Waals surface area contributed by atoms with E-state index < -0.39 is 0 Å². The van der Waals surface area contributed by atoms with Gasteiger partial charge in [0.2, 0.25) is 0 Å². The topological polar surface area (TPSA) is 30.5 Å². The Hall–Kier alpha value is -2.63. The van der Waals surface area contributed by atoms with Gasteiger partial charge in [0.1, 0.15) is 18.2 Å². The zero-order valence-corrected chi connectivity index (χ0v) is 16.8. The Kier molecular flexibility index (Phi) is 7.44. The van der Waals surface area contributed by atoms with Crippen molar-refractivity contribution >= 4 is 11.6 Å². The highest BCUT2D eigenvalue weighted by Gasteiger charge is 2.14. The van der Waals surface area contributed by atoms with Crippen molar-refractivity contribution in [2.24, 2.45) is 0 Å². The molecular formula is C23H22ClF2NO2. The smallest absolute Gasteiger partial charge is 0.180 e. The van der Waals surface area contributed by atoms with E-state index >= 15 is 0 Å². The molecule has 6 heteroatoms. The van der Waals surface area contributed by atoms with E-state index in [1.165, 1.54) is 18.2 Å². The Morgan fingerprint density at radius 2 is 1.62 bits per heavy atom. The molecule has 152 valence electrons. The molecule has 0 radical (unpaired) electrons. The second-order valence-electron chi connectivity index (χ2n) is 6.45. The lowest BCUT2D eigenvalue weighted by atomic mass is 10.1. The molecule has 0 unspecified atom stereocenters. The Labute approximate surface area is 174 Å². The van der Waals surface area contributed by atoms with E-state index in [0.29, 0.717) is 41.8 Å². The number of ether oxygens (including phenoxy) is 2. The van der Waals surface area contributed by atoms with E-state index in [1.54, 1.807) is 36.4 Å². The van der Waals surface area contributed by atoms with E-state index in [2.05, 4.69) is 5.32 Å². The summed E-state index contributed by atoms with van der Waals surface area (Å²) in [7, 11) is 0. The first-order chi connectivity index (χ1) is 14.1. The van der Waals surface area contributed by atoms with Gasteiger partial charge in [-0.15, -0.1) is 0 Å². The number of hydrogen-bond acceptors (Lipinski definition) is 3. The van der Waals surface area contributed by atoms with Crippen LogP contribution in [-0.4, -0.2) is 6.61 Å². The summed E-state index contributed by atoms with van der Waals surface area (Å²) in [6.07, 6.45) is 0. The summed E-state index contributed by atoms with van der Waals surface area (Å²) >= 11 is 6.42. The molecule has 0 aliphatic rings. The quantitative estimate of drug-likeness (QED) is 0.471. The van der Waals surface area contributed by atoms with E-state index in [9.17, 15) is 8.78 Å². The Balaban J connectivity index is 1.68. The van der Waals surface area contributed by atoms with E-state index in [4.69, 9.17) is 21.1 Å². The lowest BCUT2D eigenvalue weighted by molar-refractivity contribution is 0.266. The van der Waals surface area contributed by atoms with Gasteiger partial charge in [-0.25, -0.2) is 8.78 Å². The van der Waals surface area contributed by atoms with Crippen molar-refractivity contribution in [2.45, 2.75) is 26.6 Å². The van der Waals surface area contributed by atoms with Gasteiger partial charge in [0.15, 0.2) is 11.5 Å². The van der Waals surface area contributed by atoms with Crippen LogP contribution in [0.2, 0.25) is 5.02 Å². The highest BCUT2D eigenvalue weighted by atomic mass is 35.5. The maximum atomic E-state index is 13.8. The number of nitrogens with one attached hydrogen (secondary N) is 1. The van der Waals surface area contributed by atoms with Crippen molar-refractivity contribution in [1.82, 2.24) is 5.32 Å². The third-order valence-corrected chi connectivity index (χ3v) is 4.55. The maximum absolute atomic E-state index is 13.8. The average molecular weight is 418 g/mol. The molecule has 0 fully saturated rings. The Morgan fingerprint density at radius 1 is 0.897 bits per heavy atom. The van der Waals surface area contributed by atoms with Crippen LogP contribution >= 0.6 is 11.6 Å². The van der Waals surface area contributed by atoms with Crippen LogP contribution < -0.4 is 14.8 Å². The third kappa shape index (κ3) is 5.92. The predicted octanol–water partition coefficient (Wildman–Crippen LogP) is 5.89. The van der Waals surface area contributed by atoms with Crippen LogP contribution in [0.4, 0.5) is 8.78 Å². The van der Waals surface area contributed by atoms with Gasteiger partial charge in [-0.05, 0) is 48.4 Å². The fourth-order valence-electron chi connectivity index (χ4n) is 2.85. The molecule has 0 amide bonds.